The predicted octanol–water partition coefficient (Wildman–Crippen LogP) is 2.10. The lowest BCUT2D eigenvalue weighted by Gasteiger charge is -2.34. The summed E-state index contributed by atoms with van der Waals surface area (Å²) in [4.78, 5) is -0.0967. The molecular formula is C13H18BrFN2O3S. The molecule has 1 atom stereocenters. The van der Waals surface area contributed by atoms with Crippen LogP contribution in [0.4, 0.5) is 10.1 Å². The summed E-state index contributed by atoms with van der Waals surface area (Å²) in [6.07, 6.45) is 2.80. The Hall–Kier alpha value is -0.700. The molecule has 1 aromatic rings. The second-order valence-electron chi connectivity index (χ2n) is 5.08. The van der Waals surface area contributed by atoms with Crippen molar-refractivity contribution in [2.24, 2.45) is 0 Å². The largest absolute Gasteiger partial charge is 0.398 e. The van der Waals surface area contributed by atoms with Gasteiger partial charge in [0.25, 0.3) is 0 Å². The lowest BCUT2D eigenvalue weighted by molar-refractivity contribution is 0.192. The van der Waals surface area contributed by atoms with Gasteiger partial charge in [0.1, 0.15) is 10.7 Å². The molecule has 0 aromatic heterocycles. The van der Waals surface area contributed by atoms with E-state index in [-0.39, 0.29) is 27.7 Å². The number of sulfonamides is 1. The van der Waals surface area contributed by atoms with E-state index in [0.717, 1.165) is 18.9 Å². The van der Waals surface area contributed by atoms with Gasteiger partial charge in [-0.2, -0.15) is 4.31 Å². The first-order valence-electron chi connectivity index (χ1n) is 6.75. The monoisotopic (exact) mass is 380 g/mol. The second kappa shape index (κ2) is 6.60. The molecule has 1 unspecified atom stereocenters. The number of aliphatic hydroxyl groups excluding tert-OH is 1. The topological polar surface area (TPSA) is 83.6 Å². The summed E-state index contributed by atoms with van der Waals surface area (Å²) in [6.45, 7) is 0.320. The molecule has 0 aliphatic carbocycles. The third kappa shape index (κ3) is 3.39. The molecule has 1 aliphatic rings. The van der Waals surface area contributed by atoms with Crippen LogP contribution in [0.5, 0.6) is 0 Å². The predicted molar refractivity (Wildman–Crippen MR) is 81.7 cm³/mol. The van der Waals surface area contributed by atoms with E-state index in [1.165, 1.54) is 10.4 Å². The number of benzene rings is 1. The quantitative estimate of drug-likeness (QED) is 0.783. The van der Waals surface area contributed by atoms with Crippen LogP contribution in [0, 0.1) is 5.82 Å². The number of hydrogen-bond acceptors (Lipinski definition) is 4. The van der Waals surface area contributed by atoms with Crippen molar-refractivity contribution in [1.82, 2.24) is 4.31 Å². The van der Waals surface area contributed by atoms with Gasteiger partial charge in [0.2, 0.25) is 10.0 Å². The summed E-state index contributed by atoms with van der Waals surface area (Å²) >= 11 is 2.99. The maximum Gasteiger partial charge on any atom is 0.245 e. The van der Waals surface area contributed by atoms with Gasteiger partial charge < -0.3 is 10.8 Å². The second-order valence-corrected chi connectivity index (χ2v) is 7.80. The fourth-order valence-electron chi connectivity index (χ4n) is 2.62. The van der Waals surface area contributed by atoms with Crippen molar-refractivity contribution in [2.75, 3.05) is 18.9 Å². The van der Waals surface area contributed by atoms with Crippen molar-refractivity contribution < 1.29 is 17.9 Å². The van der Waals surface area contributed by atoms with Crippen LogP contribution in [0.3, 0.4) is 0 Å². The summed E-state index contributed by atoms with van der Waals surface area (Å²) in [5.41, 5.74) is 5.58. The van der Waals surface area contributed by atoms with E-state index < -0.39 is 15.8 Å². The third-order valence-electron chi connectivity index (χ3n) is 3.67. The Labute approximate surface area is 132 Å². The van der Waals surface area contributed by atoms with E-state index in [1.54, 1.807) is 0 Å². The molecule has 1 aromatic carbocycles. The minimum atomic E-state index is -3.80. The van der Waals surface area contributed by atoms with Gasteiger partial charge in [-0.15, -0.1) is 0 Å². The zero-order valence-corrected chi connectivity index (χ0v) is 13.8. The molecule has 21 heavy (non-hydrogen) atoms. The molecule has 1 saturated heterocycles. The molecular weight excluding hydrogens is 363 g/mol. The summed E-state index contributed by atoms with van der Waals surface area (Å²) < 4.78 is 40.4. The third-order valence-corrected chi connectivity index (χ3v) is 6.29. The van der Waals surface area contributed by atoms with Crippen LogP contribution in [-0.2, 0) is 10.0 Å². The van der Waals surface area contributed by atoms with E-state index in [4.69, 9.17) is 10.8 Å². The van der Waals surface area contributed by atoms with E-state index >= 15 is 0 Å². The van der Waals surface area contributed by atoms with Gasteiger partial charge in [-0.25, -0.2) is 12.8 Å². The van der Waals surface area contributed by atoms with Crippen molar-refractivity contribution >= 4 is 31.6 Å². The van der Waals surface area contributed by atoms with Crippen LogP contribution < -0.4 is 5.73 Å². The molecule has 5 nitrogen and oxygen atoms in total. The highest BCUT2D eigenvalue weighted by Gasteiger charge is 2.34. The fourth-order valence-corrected chi connectivity index (χ4v) is 4.97. The Morgan fingerprint density at radius 3 is 2.81 bits per heavy atom. The lowest BCUT2D eigenvalue weighted by Crippen LogP contribution is -2.44. The van der Waals surface area contributed by atoms with Crippen molar-refractivity contribution in [3.63, 3.8) is 0 Å². The normalized spacial score (nSPS) is 20.6. The van der Waals surface area contributed by atoms with Gasteiger partial charge in [-0.05, 0) is 47.3 Å². The summed E-state index contributed by atoms with van der Waals surface area (Å²) in [6, 6.07) is 1.96. The molecule has 2 rings (SSSR count). The maximum atomic E-state index is 13.4. The molecule has 1 aliphatic heterocycles. The Morgan fingerprint density at radius 1 is 1.43 bits per heavy atom. The summed E-state index contributed by atoms with van der Waals surface area (Å²) in [5.74, 6) is -0.600. The first-order chi connectivity index (χ1) is 9.87. The Morgan fingerprint density at radius 2 is 2.14 bits per heavy atom. The molecule has 1 fully saturated rings. The standard InChI is InChI=1S/C13H18BrFN2O3S/c14-10-7-13(12(16)8-11(10)15)21(19,20)17-5-2-1-3-9(17)4-6-18/h7-9,18H,1-6,16H2. The molecule has 118 valence electrons. The molecule has 0 spiro atoms. The minimum Gasteiger partial charge on any atom is -0.398 e. The van der Waals surface area contributed by atoms with E-state index in [0.29, 0.717) is 19.4 Å². The molecule has 3 N–H and O–H groups in total. The van der Waals surface area contributed by atoms with Crippen molar-refractivity contribution in [2.45, 2.75) is 36.6 Å². The average Bonchev–Trinajstić information content (AvgIpc) is 2.43. The van der Waals surface area contributed by atoms with E-state index in [2.05, 4.69) is 15.9 Å². The SMILES string of the molecule is Nc1cc(F)c(Br)cc1S(=O)(=O)N1CCCCC1CCO. The molecule has 0 bridgehead atoms. The number of aliphatic hydroxyl groups is 1. The number of nitrogens with zero attached hydrogens (tertiary/aromatic N) is 1. The minimum absolute atomic E-state index is 0.0611. The van der Waals surface area contributed by atoms with Gasteiger partial charge in [-0.1, -0.05) is 6.42 Å². The van der Waals surface area contributed by atoms with Crippen molar-refractivity contribution in [1.29, 1.82) is 0 Å². The number of rotatable bonds is 4. The zero-order chi connectivity index (χ0) is 15.6. The summed E-state index contributed by atoms with van der Waals surface area (Å²) in [5, 5.41) is 9.10. The van der Waals surface area contributed by atoms with Gasteiger partial charge in [0.05, 0.1) is 10.2 Å². The van der Waals surface area contributed by atoms with E-state index in [9.17, 15) is 12.8 Å². The highest BCUT2D eigenvalue weighted by molar-refractivity contribution is 9.10. The number of halogens is 2. The Balaban J connectivity index is 2.43. The number of nitrogens with two attached hydrogens (primary N) is 1. The van der Waals surface area contributed by atoms with Crippen LogP contribution in [0.25, 0.3) is 0 Å². The van der Waals surface area contributed by atoms with Gasteiger partial charge >= 0.3 is 0 Å². The number of hydrogen-bond donors (Lipinski definition) is 2. The highest BCUT2D eigenvalue weighted by atomic mass is 79.9. The first kappa shape index (κ1) is 16.7. The molecule has 8 heteroatoms. The Kier molecular flexibility index (Phi) is 5.24. The van der Waals surface area contributed by atoms with Crippen molar-refractivity contribution in [3.8, 4) is 0 Å². The molecule has 0 saturated carbocycles. The van der Waals surface area contributed by atoms with Gasteiger partial charge in [-0.3, -0.25) is 0 Å². The number of piperidine rings is 1. The molecule has 0 amide bonds. The Bertz CT molecular complexity index is 622. The first-order valence-corrected chi connectivity index (χ1v) is 8.98. The van der Waals surface area contributed by atoms with Crippen LogP contribution in [0.15, 0.2) is 21.5 Å². The highest BCUT2D eigenvalue weighted by Crippen LogP contribution is 2.32. The van der Waals surface area contributed by atoms with Gasteiger partial charge in [0, 0.05) is 19.2 Å². The lowest BCUT2D eigenvalue weighted by atomic mass is 10.0. The average molecular weight is 381 g/mol. The van der Waals surface area contributed by atoms with Crippen LogP contribution in [-0.4, -0.2) is 37.0 Å². The van der Waals surface area contributed by atoms with Crippen LogP contribution >= 0.6 is 15.9 Å². The molecule has 0 radical (unpaired) electrons. The smallest absolute Gasteiger partial charge is 0.245 e. The van der Waals surface area contributed by atoms with Crippen LogP contribution in [0.2, 0.25) is 0 Å². The maximum absolute atomic E-state index is 13.4. The molecule has 1 heterocycles. The number of anilines is 1. The van der Waals surface area contributed by atoms with Crippen molar-refractivity contribution in [3.05, 3.63) is 22.4 Å². The fraction of sp³-hybridized carbons (Fsp3) is 0.538. The van der Waals surface area contributed by atoms with Crippen LogP contribution in [0.1, 0.15) is 25.7 Å². The van der Waals surface area contributed by atoms with Gasteiger partial charge in [0.15, 0.2) is 0 Å². The van der Waals surface area contributed by atoms with E-state index in [1.807, 2.05) is 0 Å². The number of nitrogen functional groups attached to an aromatic ring is 1. The zero-order valence-electron chi connectivity index (χ0n) is 11.4. The summed E-state index contributed by atoms with van der Waals surface area (Å²) in [7, 11) is -3.80.